The third kappa shape index (κ3) is 5.40. The number of piperazine rings is 1. The van der Waals surface area contributed by atoms with Gasteiger partial charge in [0.2, 0.25) is 15.9 Å². The molecule has 5 aromatic rings. The molecule has 0 atom stereocenters. The van der Waals surface area contributed by atoms with Crippen LogP contribution in [0.4, 0.5) is 0 Å². The Kier molecular flexibility index (Phi) is 7.41. The van der Waals surface area contributed by atoms with Gasteiger partial charge < -0.3 is 9.88 Å². The highest BCUT2D eigenvalue weighted by molar-refractivity contribution is 7.99. The highest BCUT2D eigenvalue weighted by Gasteiger charge is 2.30. The van der Waals surface area contributed by atoms with Crippen molar-refractivity contribution in [2.75, 3.05) is 31.9 Å². The van der Waals surface area contributed by atoms with Crippen molar-refractivity contribution in [3.63, 3.8) is 0 Å². The minimum Gasteiger partial charge on any atom is -0.360 e. The van der Waals surface area contributed by atoms with Gasteiger partial charge in [-0.15, -0.1) is 10.2 Å². The summed E-state index contributed by atoms with van der Waals surface area (Å²) >= 11 is 1.33. The second kappa shape index (κ2) is 11.2. The van der Waals surface area contributed by atoms with Crippen LogP contribution < -0.4 is 0 Å². The Bertz CT molecular complexity index is 1820. The standard InChI is InChI=1S/C30H30N6O3S2/c1-21-10-12-24(13-11-21)41(38,39)35-16-14-34(15-17-35)28(37)20-40-30-33-32-29(36(30)23-7-5-6-22(2)18-23)26-19-31-27-9-4-3-8-25(26)27/h3-13,18-19,31H,14-17,20H2,1-2H3. The largest absolute Gasteiger partial charge is 0.360 e. The van der Waals surface area contributed by atoms with E-state index in [0.717, 1.165) is 33.3 Å². The van der Waals surface area contributed by atoms with Crippen molar-refractivity contribution in [2.45, 2.75) is 23.9 Å². The van der Waals surface area contributed by atoms with E-state index in [4.69, 9.17) is 0 Å². The van der Waals surface area contributed by atoms with Gasteiger partial charge in [0.25, 0.3) is 0 Å². The zero-order chi connectivity index (χ0) is 28.6. The van der Waals surface area contributed by atoms with Gasteiger partial charge in [0.15, 0.2) is 11.0 Å². The fraction of sp³-hybridized carbons (Fsp3) is 0.233. The third-order valence-electron chi connectivity index (χ3n) is 7.30. The lowest BCUT2D eigenvalue weighted by atomic mass is 10.1. The average molecular weight is 587 g/mol. The third-order valence-corrected chi connectivity index (χ3v) is 10.1. The van der Waals surface area contributed by atoms with Gasteiger partial charge in [0, 0.05) is 54.5 Å². The number of amides is 1. The lowest BCUT2D eigenvalue weighted by molar-refractivity contribution is -0.129. The number of aromatic amines is 1. The Balaban J connectivity index is 1.19. The topological polar surface area (TPSA) is 104 Å². The molecule has 3 heterocycles. The smallest absolute Gasteiger partial charge is 0.243 e. The lowest BCUT2D eigenvalue weighted by Crippen LogP contribution is -2.50. The number of H-pyrrole nitrogens is 1. The molecule has 41 heavy (non-hydrogen) atoms. The average Bonchev–Trinajstić information content (AvgIpc) is 3.60. The predicted octanol–water partition coefficient (Wildman–Crippen LogP) is 4.66. The van der Waals surface area contributed by atoms with Crippen LogP contribution in [0.1, 0.15) is 11.1 Å². The Morgan fingerprint density at radius 3 is 2.41 bits per heavy atom. The second-order valence-electron chi connectivity index (χ2n) is 10.1. The van der Waals surface area contributed by atoms with Gasteiger partial charge >= 0.3 is 0 Å². The van der Waals surface area contributed by atoms with Gasteiger partial charge in [-0.25, -0.2) is 8.42 Å². The molecule has 0 spiro atoms. The number of sulfonamides is 1. The number of carbonyl (C=O) groups is 1. The van der Waals surface area contributed by atoms with Crippen LogP contribution >= 0.6 is 11.8 Å². The fourth-order valence-corrected chi connectivity index (χ4v) is 7.33. The molecule has 0 bridgehead atoms. The molecule has 11 heteroatoms. The maximum Gasteiger partial charge on any atom is 0.243 e. The van der Waals surface area contributed by atoms with Crippen LogP contribution in [-0.4, -0.2) is 75.2 Å². The number of fused-ring (bicyclic) bond motifs is 1. The van der Waals surface area contributed by atoms with Crippen LogP contribution in [0, 0.1) is 13.8 Å². The summed E-state index contributed by atoms with van der Waals surface area (Å²) in [4.78, 5) is 18.5. The van der Waals surface area contributed by atoms with Gasteiger partial charge in [-0.1, -0.05) is 59.8 Å². The SMILES string of the molecule is Cc1ccc(S(=O)(=O)N2CCN(C(=O)CSc3nnc(-c4c[nH]c5ccccc45)n3-c3cccc(C)c3)CC2)cc1. The Morgan fingerprint density at radius 1 is 0.902 bits per heavy atom. The summed E-state index contributed by atoms with van der Waals surface area (Å²) in [6.45, 7) is 5.17. The van der Waals surface area contributed by atoms with E-state index in [9.17, 15) is 13.2 Å². The van der Waals surface area contributed by atoms with Crippen LogP contribution in [0.3, 0.4) is 0 Å². The number of hydrogen-bond donors (Lipinski definition) is 1. The summed E-state index contributed by atoms with van der Waals surface area (Å²) in [7, 11) is -3.59. The molecule has 1 N–H and O–H groups in total. The molecule has 6 rings (SSSR count). The minimum absolute atomic E-state index is 0.0604. The zero-order valence-electron chi connectivity index (χ0n) is 22.8. The summed E-state index contributed by atoms with van der Waals surface area (Å²) in [6, 6.07) is 23.0. The molecule has 1 saturated heterocycles. The molecule has 0 unspecified atom stereocenters. The number of rotatable bonds is 7. The van der Waals surface area contributed by atoms with E-state index in [1.807, 2.05) is 67.1 Å². The van der Waals surface area contributed by atoms with Crippen molar-refractivity contribution in [3.8, 4) is 17.1 Å². The van der Waals surface area contributed by atoms with Crippen LogP contribution in [0.25, 0.3) is 28.0 Å². The molecule has 210 valence electrons. The summed E-state index contributed by atoms with van der Waals surface area (Å²) in [5.41, 5.74) is 4.96. The second-order valence-corrected chi connectivity index (χ2v) is 13.0. The van der Waals surface area contributed by atoms with Crippen molar-refractivity contribution >= 4 is 38.6 Å². The molecule has 0 radical (unpaired) electrons. The van der Waals surface area contributed by atoms with E-state index < -0.39 is 10.0 Å². The van der Waals surface area contributed by atoms with Crippen LogP contribution in [0.2, 0.25) is 0 Å². The molecular weight excluding hydrogens is 557 g/mol. The van der Waals surface area contributed by atoms with Crippen LogP contribution in [0.5, 0.6) is 0 Å². The van der Waals surface area contributed by atoms with Crippen LogP contribution in [0.15, 0.2) is 89.0 Å². The summed E-state index contributed by atoms with van der Waals surface area (Å²) < 4.78 is 29.6. The number of para-hydroxylation sites is 1. The Hall–Kier alpha value is -3.93. The fourth-order valence-electron chi connectivity index (χ4n) is 5.05. The normalized spacial score (nSPS) is 14.5. The number of nitrogens with one attached hydrogen (secondary N) is 1. The van der Waals surface area contributed by atoms with Gasteiger partial charge in [-0.3, -0.25) is 9.36 Å². The van der Waals surface area contributed by atoms with E-state index in [1.54, 1.807) is 29.2 Å². The summed E-state index contributed by atoms with van der Waals surface area (Å²) in [6.07, 6.45) is 1.94. The minimum atomic E-state index is -3.59. The monoisotopic (exact) mass is 586 g/mol. The van der Waals surface area contributed by atoms with Gasteiger partial charge in [-0.2, -0.15) is 4.31 Å². The van der Waals surface area contributed by atoms with Gasteiger partial charge in [-0.05, 0) is 49.7 Å². The summed E-state index contributed by atoms with van der Waals surface area (Å²) in [5.74, 6) is 0.801. The first kappa shape index (κ1) is 27.3. The zero-order valence-corrected chi connectivity index (χ0v) is 24.5. The Morgan fingerprint density at radius 2 is 1.66 bits per heavy atom. The number of thioether (sulfide) groups is 1. The van der Waals surface area contributed by atoms with Crippen molar-refractivity contribution < 1.29 is 13.2 Å². The molecule has 1 aliphatic heterocycles. The summed E-state index contributed by atoms with van der Waals surface area (Å²) in [5, 5.41) is 10.7. The number of hydrogen-bond acceptors (Lipinski definition) is 6. The molecule has 1 amide bonds. The molecular formula is C30H30N6O3S2. The van der Waals surface area contributed by atoms with Crippen molar-refractivity contribution in [1.82, 2.24) is 29.0 Å². The van der Waals surface area contributed by atoms with Crippen LogP contribution in [-0.2, 0) is 14.8 Å². The number of nitrogens with zero attached hydrogens (tertiary/aromatic N) is 5. The lowest BCUT2D eigenvalue weighted by Gasteiger charge is -2.34. The number of benzene rings is 3. The molecule has 3 aromatic carbocycles. The van der Waals surface area contributed by atoms with E-state index in [1.165, 1.54) is 16.1 Å². The quantitative estimate of drug-likeness (QED) is 0.278. The maximum atomic E-state index is 13.2. The van der Waals surface area contributed by atoms with Gasteiger partial charge in [0.1, 0.15) is 0 Å². The van der Waals surface area contributed by atoms with Gasteiger partial charge in [0.05, 0.1) is 10.6 Å². The van der Waals surface area contributed by atoms with E-state index in [0.29, 0.717) is 24.1 Å². The highest BCUT2D eigenvalue weighted by atomic mass is 32.2. The van der Waals surface area contributed by atoms with E-state index in [-0.39, 0.29) is 29.6 Å². The molecule has 2 aromatic heterocycles. The first-order valence-corrected chi connectivity index (χ1v) is 15.8. The highest BCUT2D eigenvalue weighted by Crippen LogP contribution is 2.33. The molecule has 0 saturated carbocycles. The number of aryl methyl sites for hydroxylation is 2. The maximum absolute atomic E-state index is 13.2. The van der Waals surface area contributed by atoms with Crippen molar-refractivity contribution in [3.05, 3.63) is 90.1 Å². The predicted molar refractivity (Wildman–Crippen MR) is 161 cm³/mol. The number of carbonyl (C=O) groups excluding carboxylic acids is 1. The molecule has 0 aliphatic carbocycles. The number of aromatic nitrogens is 4. The first-order valence-electron chi connectivity index (χ1n) is 13.4. The van der Waals surface area contributed by atoms with E-state index >= 15 is 0 Å². The van der Waals surface area contributed by atoms with E-state index in [2.05, 4.69) is 21.2 Å². The molecule has 1 fully saturated rings. The van der Waals surface area contributed by atoms with Crippen molar-refractivity contribution in [1.29, 1.82) is 0 Å². The molecule has 1 aliphatic rings. The Labute approximate surface area is 243 Å². The van der Waals surface area contributed by atoms with Crippen molar-refractivity contribution in [2.24, 2.45) is 0 Å². The molecule has 9 nitrogen and oxygen atoms in total. The first-order chi connectivity index (χ1) is 19.8.